The van der Waals surface area contributed by atoms with Crippen molar-refractivity contribution in [2.24, 2.45) is 56.7 Å². The number of ketones is 1. The summed E-state index contributed by atoms with van der Waals surface area (Å²) in [6.07, 6.45) is 9.81. The van der Waals surface area contributed by atoms with Crippen molar-refractivity contribution < 1.29 is 19.6 Å². The Hall–Kier alpha value is -2.76. The van der Waals surface area contributed by atoms with Crippen molar-refractivity contribution in [2.75, 3.05) is 0 Å². The summed E-state index contributed by atoms with van der Waals surface area (Å²) in [4.78, 5) is 37.9. The highest BCUT2D eigenvalue weighted by atomic mass is 16.6. The number of carboxylic acid groups (broad SMARTS) is 1. The third-order valence-electron chi connectivity index (χ3n) is 14.5. The third kappa shape index (κ3) is 3.96. The van der Waals surface area contributed by atoms with Crippen LogP contribution >= 0.6 is 0 Å². The molecule has 5 saturated carbocycles. The van der Waals surface area contributed by atoms with Crippen LogP contribution in [-0.2, 0) is 9.59 Å². The Kier molecular flexibility index (Phi) is 6.77. The molecule has 232 valence electrons. The van der Waals surface area contributed by atoms with Crippen LogP contribution in [0.5, 0.6) is 0 Å². The summed E-state index contributed by atoms with van der Waals surface area (Å²) in [5.41, 5.74) is 1.22. The van der Waals surface area contributed by atoms with Crippen LogP contribution in [0.25, 0.3) is 6.08 Å². The molecule has 43 heavy (non-hydrogen) atoms. The first-order valence-corrected chi connectivity index (χ1v) is 16.4. The number of carboxylic acids is 1. The number of non-ortho nitro benzene ring substituents is 1. The van der Waals surface area contributed by atoms with E-state index in [2.05, 4.69) is 48.1 Å². The van der Waals surface area contributed by atoms with Crippen molar-refractivity contribution in [1.29, 1.82) is 0 Å². The lowest BCUT2D eigenvalue weighted by Crippen LogP contribution is -2.67. The fourth-order valence-electron chi connectivity index (χ4n) is 12.4. The van der Waals surface area contributed by atoms with Crippen LogP contribution in [-0.4, -0.2) is 16.7 Å². The number of hydrogen-bond donors (Lipinski definition) is 0. The molecule has 6 nitrogen and oxygen atoms in total. The number of nitro groups is 1. The molecular weight excluding hydrogens is 538 g/mol. The largest absolute Gasteiger partial charge is 0.550 e. The highest BCUT2D eigenvalue weighted by Gasteiger charge is 2.71. The maximum absolute atomic E-state index is 14.1. The zero-order valence-electron chi connectivity index (χ0n) is 26.8. The topological polar surface area (TPSA) is 100 Å². The molecule has 0 N–H and O–H groups in total. The zero-order chi connectivity index (χ0) is 31.3. The molecule has 0 aliphatic heterocycles. The van der Waals surface area contributed by atoms with Gasteiger partial charge in [-0.3, -0.25) is 14.9 Å². The molecule has 1 aromatic carbocycles. The summed E-state index contributed by atoms with van der Waals surface area (Å²) in [6, 6.07) is 6.57. The molecule has 9 atom stereocenters. The van der Waals surface area contributed by atoms with Gasteiger partial charge < -0.3 is 9.90 Å². The van der Waals surface area contributed by atoms with E-state index >= 15 is 0 Å². The lowest BCUT2D eigenvalue weighted by Gasteiger charge is -2.72. The molecule has 0 unspecified atom stereocenters. The van der Waals surface area contributed by atoms with Gasteiger partial charge in [0, 0.05) is 28.9 Å². The molecule has 0 spiro atoms. The van der Waals surface area contributed by atoms with E-state index in [0.29, 0.717) is 36.7 Å². The Bertz CT molecular complexity index is 1440. The highest BCUT2D eigenvalue weighted by Crippen LogP contribution is 2.77. The molecule has 5 aliphatic rings. The summed E-state index contributed by atoms with van der Waals surface area (Å²) in [7, 11) is 0. The lowest BCUT2D eigenvalue weighted by atomic mass is 9.32. The monoisotopic (exact) mass is 586 g/mol. The van der Waals surface area contributed by atoms with Gasteiger partial charge in [0.25, 0.3) is 5.69 Å². The first-order valence-electron chi connectivity index (χ1n) is 16.4. The molecule has 0 amide bonds. The molecule has 6 rings (SSSR count). The van der Waals surface area contributed by atoms with E-state index in [-0.39, 0.29) is 50.4 Å². The fourth-order valence-corrected chi connectivity index (χ4v) is 12.4. The molecule has 0 heterocycles. The standard InChI is InChI=1S/C37H49NO5/c1-22(2)26-13-16-37(32(40)41)18-17-35(6)27(30(26)37)11-12-29-34(5)21-24(19-23-9-8-10-25(20-23)38(42)43)31(39)33(3,4)28(34)14-15-36(29,35)7/h8-10,19-20,26-30H,1,11-18,21H2,2-7H3,(H,40,41)/p-1/t26-,27+,28+,29+,30+,34+,35+,36-,37+/m1/s1. The van der Waals surface area contributed by atoms with E-state index in [0.717, 1.165) is 49.7 Å². The van der Waals surface area contributed by atoms with Crippen LogP contribution in [0.4, 0.5) is 5.69 Å². The van der Waals surface area contributed by atoms with Crippen LogP contribution in [0.3, 0.4) is 0 Å². The number of carbonyl (C=O) groups excluding carboxylic acids is 2. The zero-order valence-corrected chi connectivity index (χ0v) is 26.8. The SMILES string of the molecule is C=C(C)[C@H]1CC[C@]2(C(=O)[O-])CC[C@@]3(C)[C@@H](CC[C@H]4[C@@]5(C)CC(=Cc6cccc([N+](=O)[O-])c6)C(=O)C(C)(C)[C@@H]5CC[C@]43C)[C@H]12. The maximum Gasteiger partial charge on any atom is 0.270 e. The minimum Gasteiger partial charge on any atom is -0.550 e. The Morgan fingerprint density at radius 2 is 1.70 bits per heavy atom. The fraction of sp³-hybridized carbons (Fsp3) is 0.676. The van der Waals surface area contributed by atoms with Crippen LogP contribution in [0.15, 0.2) is 42.0 Å². The average Bonchev–Trinajstić information content (AvgIpc) is 3.34. The first kappa shape index (κ1) is 30.3. The van der Waals surface area contributed by atoms with Crippen molar-refractivity contribution in [3.05, 3.63) is 57.7 Å². The predicted molar refractivity (Wildman–Crippen MR) is 165 cm³/mol. The molecule has 5 aliphatic carbocycles. The Labute approximate surface area is 256 Å². The normalized spacial score (nSPS) is 44.1. The molecule has 6 heteroatoms. The van der Waals surface area contributed by atoms with Gasteiger partial charge in [-0.05, 0) is 128 Å². The quantitative estimate of drug-likeness (QED) is 0.157. The number of benzene rings is 1. The van der Waals surface area contributed by atoms with Gasteiger partial charge in [-0.25, -0.2) is 0 Å². The number of Topliss-reactive ketones (excluding diaryl/α,β-unsaturated/α-hetero) is 1. The predicted octanol–water partition coefficient (Wildman–Crippen LogP) is 7.56. The first-order chi connectivity index (χ1) is 20.0. The third-order valence-corrected chi connectivity index (χ3v) is 14.5. The lowest BCUT2D eigenvalue weighted by molar-refractivity contribution is -0.384. The summed E-state index contributed by atoms with van der Waals surface area (Å²) in [5, 5.41) is 24.3. The van der Waals surface area contributed by atoms with Crippen molar-refractivity contribution in [2.45, 2.75) is 99.3 Å². The van der Waals surface area contributed by atoms with Gasteiger partial charge in [0.15, 0.2) is 5.78 Å². The smallest absolute Gasteiger partial charge is 0.270 e. The second-order valence-corrected chi connectivity index (χ2v) is 16.4. The number of rotatable bonds is 4. The molecular formula is C37H48NO5-. The van der Waals surface area contributed by atoms with Gasteiger partial charge in [0.1, 0.15) is 0 Å². The second-order valence-electron chi connectivity index (χ2n) is 16.4. The number of hydrogen-bond acceptors (Lipinski definition) is 5. The van der Waals surface area contributed by atoms with Crippen LogP contribution in [0.2, 0.25) is 0 Å². The van der Waals surface area contributed by atoms with Crippen LogP contribution in [0.1, 0.15) is 105 Å². The maximum atomic E-state index is 14.1. The van der Waals surface area contributed by atoms with Gasteiger partial charge in [0.05, 0.1) is 4.92 Å². The van der Waals surface area contributed by atoms with E-state index in [9.17, 15) is 24.8 Å². The Balaban J connectivity index is 1.41. The number of nitro benzene ring substituents is 1. The van der Waals surface area contributed by atoms with Gasteiger partial charge in [-0.1, -0.05) is 58.9 Å². The molecule has 1 aromatic rings. The second kappa shape index (κ2) is 9.62. The highest BCUT2D eigenvalue weighted by molar-refractivity contribution is 6.04. The Morgan fingerprint density at radius 1 is 0.977 bits per heavy atom. The number of allylic oxidation sites excluding steroid dienone is 2. The average molecular weight is 587 g/mol. The molecule has 0 radical (unpaired) electrons. The van der Waals surface area contributed by atoms with Crippen LogP contribution < -0.4 is 5.11 Å². The Morgan fingerprint density at radius 3 is 2.35 bits per heavy atom. The number of nitrogens with zero attached hydrogens (tertiary/aromatic N) is 1. The molecule has 0 saturated heterocycles. The van der Waals surface area contributed by atoms with E-state index < -0.39 is 16.8 Å². The minimum atomic E-state index is -0.852. The number of carbonyl (C=O) groups is 2. The molecule has 5 fully saturated rings. The van der Waals surface area contributed by atoms with Crippen molar-refractivity contribution >= 4 is 23.5 Å². The van der Waals surface area contributed by atoms with Crippen LogP contribution in [0, 0.1) is 66.8 Å². The van der Waals surface area contributed by atoms with Gasteiger partial charge in [0.2, 0.25) is 0 Å². The number of fused-ring (bicyclic) bond motifs is 7. The van der Waals surface area contributed by atoms with E-state index in [1.807, 2.05) is 12.1 Å². The summed E-state index contributed by atoms with van der Waals surface area (Å²) in [6.45, 7) is 18.0. The van der Waals surface area contributed by atoms with Gasteiger partial charge in [-0.2, -0.15) is 0 Å². The summed E-state index contributed by atoms with van der Waals surface area (Å²) in [5.74, 6) is 0.555. The van der Waals surface area contributed by atoms with Crippen molar-refractivity contribution in [3.8, 4) is 0 Å². The van der Waals surface area contributed by atoms with E-state index in [1.54, 1.807) is 12.1 Å². The van der Waals surface area contributed by atoms with Gasteiger partial charge >= 0.3 is 0 Å². The van der Waals surface area contributed by atoms with Crippen molar-refractivity contribution in [1.82, 2.24) is 0 Å². The van der Waals surface area contributed by atoms with E-state index in [1.165, 1.54) is 6.07 Å². The van der Waals surface area contributed by atoms with Gasteiger partial charge in [-0.15, -0.1) is 0 Å². The number of aliphatic carboxylic acids is 1. The summed E-state index contributed by atoms with van der Waals surface area (Å²) >= 11 is 0. The summed E-state index contributed by atoms with van der Waals surface area (Å²) < 4.78 is 0. The minimum absolute atomic E-state index is 0.00852. The van der Waals surface area contributed by atoms with Crippen molar-refractivity contribution in [3.63, 3.8) is 0 Å². The molecule has 0 bridgehead atoms. The van der Waals surface area contributed by atoms with E-state index in [4.69, 9.17) is 0 Å². The molecule has 0 aromatic heterocycles.